The molecule has 1 saturated heterocycles. The van der Waals surface area contributed by atoms with Gasteiger partial charge in [-0.25, -0.2) is 13.2 Å². The number of nitrogens with zero attached hydrogens (tertiary/aromatic N) is 2. The lowest BCUT2D eigenvalue weighted by atomic mass is 10.1. The molecule has 0 spiro atoms. The average Bonchev–Trinajstić information content (AvgIpc) is 2.68. The van der Waals surface area contributed by atoms with E-state index < -0.39 is 40.8 Å². The quantitative estimate of drug-likeness (QED) is 0.606. The van der Waals surface area contributed by atoms with Gasteiger partial charge in [0.15, 0.2) is 17.5 Å². The van der Waals surface area contributed by atoms with Crippen LogP contribution in [0.25, 0.3) is 0 Å². The zero-order valence-corrected chi connectivity index (χ0v) is 15.1. The van der Waals surface area contributed by atoms with Crippen LogP contribution in [0.4, 0.5) is 37.7 Å². The predicted molar refractivity (Wildman–Crippen MR) is 95.0 cm³/mol. The van der Waals surface area contributed by atoms with Crippen LogP contribution >= 0.6 is 0 Å². The highest BCUT2D eigenvalue weighted by atomic mass is 19.4. The fourth-order valence-corrected chi connectivity index (χ4v) is 3.06. The summed E-state index contributed by atoms with van der Waals surface area (Å²) in [5.74, 6) is -5.11. The summed E-state index contributed by atoms with van der Waals surface area (Å²) in [6.07, 6.45) is -4.43. The fourth-order valence-electron chi connectivity index (χ4n) is 3.06. The van der Waals surface area contributed by atoms with E-state index in [0.29, 0.717) is 37.9 Å². The molecule has 1 N–H and O–H groups in total. The summed E-state index contributed by atoms with van der Waals surface area (Å²) < 4.78 is 78.3. The number of nitrogens with one attached hydrogen (secondary N) is 1. The smallest absolute Gasteiger partial charge is 0.369 e. The summed E-state index contributed by atoms with van der Waals surface area (Å²) in [4.78, 5) is 15.6. The van der Waals surface area contributed by atoms with Crippen molar-refractivity contribution in [1.29, 1.82) is 0 Å². The number of carbonyl (C=O) groups is 1. The number of amides is 1. The molecule has 1 aliphatic heterocycles. The third kappa shape index (κ3) is 5.00. The van der Waals surface area contributed by atoms with Crippen molar-refractivity contribution in [3.8, 4) is 0 Å². The van der Waals surface area contributed by atoms with Crippen LogP contribution in [0.5, 0.6) is 0 Å². The number of alkyl halides is 3. The third-order valence-corrected chi connectivity index (χ3v) is 4.59. The molecule has 0 bridgehead atoms. The van der Waals surface area contributed by atoms with E-state index in [4.69, 9.17) is 0 Å². The van der Waals surface area contributed by atoms with E-state index in [9.17, 15) is 31.1 Å². The Labute approximate surface area is 162 Å². The van der Waals surface area contributed by atoms with Gasteiger partial charge in [-0.15, -0.1) is 0 Å². The molecule has 0 atom stereocenters. The van der Waals surface area contributed by atoms with Crippen molar-refractivity contribution in [3.05, 3.63) is 59.4 Å². The van der Waals surface area contributed by atoms with Crippen molar-refractivity contribution in [2.75, 3.05) is 42.9 Å². The van der Waals surface area contributed by atoms with Gasteiger partial charge in [0.05, 0.1) is 17.8 Å². The van der Waals surface area contributed by atoms with Gasteiger partial charge < -0.3 is 10.2 Å². The van der Waals surface area contributed by atoms with Gasteiger partial charge in [-0.1, -0.05) is 6.07 Å². The van der Waals surface area contributed by atoms with Crippen molar-refractivity contribution in [2.24, 2.45) is 0 Å². The molecular weight excluding hydrogens is 400 g/mol. The summed E-state index contributed by atoms with van der Waals surface area (Å²) in [6.45, 7) is 1.46. The molecule has 2 aromatic carbocycles. The Morgan fingerprint density at radius 1 is 0.966 bits per heavy atom. The van der Waals surface area contributed by atoms with E-state index in [-0.39, 0.29) is 6.54 Å². The first-order valence-electron chi connectivity index (χ1n) is 8.73. The van der Waals surface area contributed by atoms with Crippen LogP contribution in [0, 0.1) is 17.5 Å². The van der Waals surface area contributed by atoms with Gasteiger partial charge in [0.2, 0.25) is 5.91 Å². The number of piperazine rings is 1. The number of anilines is 2. The number of hydrogen-bond donors (Lipinski definition) is 1. The summed E-state index contributed by atoms with van der Waals surface area (Å²) in [5, 5.41) is 2.19. The van der Waals surface area contributed by atoms with Crippen molar-refractivity contribution in [3.63, 3.8) is 0 Å². The minimum atomic E-state index is -4.43. The lowest BCUT2D eigenvalue weighted by Crippen LogP contribution is -2.48. The highest BCUT2D eigenvalue weighted by molar-refractivity contribution is 5.92. The molecule has 0 radical (unpaired) electrons. The maximum atomic E-state index is 13.6. The number of hydrogen-bond acceptors (Lipinski definition) is 3. The van der Waals surface area contributed by atoms with Crippen molar-refractivity contribution >= 4 is 17.3 Å². The van der Waals surface area contributed by atoms with Crippen LogP contribution in [-0.2, 0) is 11.0 Å². The van der Waals surface area contributed by atoms with Crippen LogP contribution in [0.15, 0.2) is 36.4 Å². The highest BCUT2D eigenvalue weighted by Crippen LogP contribution is 2.31. The maximum Gasteiger partial charge on any atom is 0.416 e. The zero-order valence-electron chi connectivity index (χ0n) is 15.1. The van der Waals surface area contributed by atoms with Crippen LogP contribution < -0.4 is 10.2 Å². The number of rotatable bonds is 4. The van der Waals surface area contributed by atoms with E-state index in [1.165, 1.54) is 6.07 Å². The largest absolute Gasteiger partial charge is 0.416 e. The molecule has 1 heterocycles. The number of halogens is 6. The van der Waals surface area contributed by atoms with Gasteiger partial charge in [0.25, 0.3) is 0 Å². The number of carbonyl (C=O) groups excluding carboxylic acids is 1. The SMILES string of the molecule is O=C(CN1CCN(c2cccc(C(F)(F)F)c2)CC1)Nc1ccc(F)c(F)c1F. The summed E-state index contributed by atoms with van der Waals surface area (Å²) in [7, 11) is 0. The van der Waals surface area contributed by atoms with Gasteiger partial charge in [-0.05, 0) is 30.3 Å². The van der Waals surface area contributed by atoms with E-state index in [1.807, 2.05) is 0 Å². The molecule has 10 heteroatoms. The van der Waals surface area contributed by atoms with Crippen LogP contribution in [0.3, 0.4) is 0 Å². The first kappa shape index (κ1) is 21.0. The number of benzene rings is 2. The Morgan fingerprint density at radius 3 is 2.31 bits per heavy atom. The molecule has 1 amide bonds. The lowest BCUT2D eigenvalue weighted by Gasteiger charge is -2.36. The van der Waals surface area contributed by atoms with E-state index in [0.717, 1.165) is 18.2 Å². The fraction of sp³-hybridized carbons (Fsp3) is 0.316. The summed E-state index contributed by atoms with van der Waals surface area (Å²) in [5.41, 5.74) is -0.755. The van der Waals surface area contributed by atoms with Gasteiger partial charge >= 0.3 is 6.18 Å². The lowest BCUT2D eigenvalue weighted by molar-refractivity contribution is -0.137. The topological polar surface area (TPSA) is 35.6 Å². The van der Waals surface area contributed by atoms with Crippen LogP contribution in [0.1, 0.15) is 5.56 Å². The second-order valence-electron chi connectivity index (χ2n) is 6.58. The molecule has 0 aromatic heterocycles. The van der Waals surface area contributed by atoms with Crippen molar-refractivity contribution < 1.29 is 31.1 Å². The van der Waals surface area contributed by atoms with Gasteiger partial charge in [0, 0.05) is 31.9 Å². The maximum absolute atomic E-state index is 13.6. The summed E-state index contributed by atoms with van der Waals surface area (Å²) in [6, 6.07) is 6.65. The van der Waals surface area contributed by atoms with Gasteiger partial charge in [-0.3, -0.25) is 9.69 Å². The van der Waals surface area contributed by atoms with Gasteiger partial charge in [0.1, 0.15) is 0 Å². The van der Waals surface area contributed by atoms with E-state index in [1.54, 1.807) is 15.9 Å². The molecule has 1 aliphatic rings. The van der Waals surface area contributed by atoms with E-state index >= 15 is 0 Å². The minimum Gasteiger partial charge on any atom is -0.369 e. The Hall–Kier alpha value is -2.75. The van der Waals surface area contributed by atoms with Crippen molar-refractivity contribution in [1.82, 2.24) is 4.90 Å². The monoisotopic (exact) mass is 417 g/mol. The Morgan fingerprint density at radius 2 is 1.66 bits per heavy atom. The second-order valence-corrected chi connectivity index (χ2v) is 6.58. The molecule has 1 fully saturated rings. The second kappa shape index (κ2) is 8.32. The molecule has 4 nitrogen and oxygen atoms in total. The zero-order chi connectivity index (χ0) is 21.2. The third-order valence-electron chi connectivity index (χ3n) is 4.59. The molecule has 0 saturated carbocycles. The molecule has 29 heavy (non-hydrogen) atoms. The Bertz CT molecular complexity index is 894. The normalized spacial score (nSPS) is 15.4. The minimum absolute atomic E-state index is 0.116. The Kier molecular flexibility index (Phi) is 6.02. The first-order valence-corrected chi connectivity index (χ1v) is 8.73. The Balaban J connectivity index is 1.55. The highest BCUT2D eigenvalue weighted by Gasteiger charge is 2.31. The molecular formula is C19H17F6N3O. The average molecular weight is 417 g/mol. The predicted octanol–water partition coefficient (Wildman–Crippen LogP) is 3.88. The summed E-state index contributed by atoms with van der Waals surface area (Å²) >= 11 is 0. The van der Waals surface area contributed by atoms with Crippen molar-refractivity contribution in [2.45, 2.75) is 6.18 Å². The molecule has 0 aliphatic carbocycles. The first-order chi connectivity index (χ1) is 13.6. The molecule has 3 rings (SSSR count). The standard InChI is InChI=1S/C19H17F6N3O/c20-14-4-5-15(18(22)17(14)21)26-16(29)11-27-6-8-28(9-7-27)13-3-1-2-12(10-13)19(23,24)25/h1-5,10H,6-9,11H2,(H,26,29). The van der Waals surface area contributed by atoms with E-state index in [2.05, 4.69) is 5.32 Å². The molecule has 0 unspecified atom stereocenters. The van der Waals surface area contributed by atoms with Gasteiger partial charge in [-0.2, -0.15) is 13.2 Å². The van der Waals surface area contributed by atoms with Crippen LogP contribution in [-0.4, -0.2) is 43.5 Å². The van der Waals surface area contributed by atoms with Crippen LogP contribution in [0.2, 0.25) is 0 Å². The molecule has 2 aromatic rings. The molecule has 156 valence electrons.